The summed E-state index contributed by atoms with van der Waals surface area (Å²) in [4.78, 5) is 40.0. The van der Waals surface area contributed by atoms with E-state index >= 15 is 0 Å². The van der Waals surface area contributed by atoms with E-state index in [0.717, 1.165) is 17.0 Å². The van der Waals surface area contributed by atoms with E-state index in [2.05, 4.69) is 4.90 Å². The number of hydrogen-bond acceptors (Lipinski definition) is 10. The topological polar surface area (TPSA) is 128 Å². The van der Waals surface area contributed by atoms with Crippen LogP contribution in [0.2, 0.25) is 0 Å². The van der Waals surface area contributed by atoms with Crippen molar-refractivity contribution in [2.24, 2.45) is 0 Å². The minimum Gasteiger partial charge on any atom is -0.432 e. The fraction of sp³-hybridized carbons (Fsp3) is 0.467. The Morgan fingerprint density at radius 2 is 1.70 bits per heavy atom. The van der Waals surface area contributed by atoms with Gasteiger partial charge in [-0.25, -0.2) is 19.3 Å². The molecule has 0 radical (unpaired) electrons. The Morgan fingerprint density at radius 3 is 2.36 bits per heavy atom. The van der Waals surface area contributed by atoms with Crippen LogP contribution < -0.4 is 0 Å². The zero-order valence-corrected chi connectivity index (χ0v) is 23.9. The number of carbonyl (C=O) groups excluding carboxylic acids is 3. The number of amides is 1. The van der Waals surface area contributed by atoms with E-state index in [0.29, 0.717) is 54.9 Å². The summed E-state index contributed by atoms with van der Waals surface area (Å²) < 4.78 is 67.6. The first-order chi connectivity index (χ1) is 21.0. The van der Waals surface area contributed by atoms with Gasteiger partial charge in [-0.3, -0.25) is 0 Å². The molecule has 0 saturated carbocycles. The molecule has 3 saturated heterocycles. The van der Waals surface area contributed by atoms with Gasteiger partial charge in [0.25, 0.3) is 0 Å². The van der Waals surface area contributed by atoms with Crippen molar-refractivity contribution in [2.75, 3.05) is 46.5 Å². The van der Waals surface area contributed by atoms with Crippen molar-refractivity contribution < 1.29 is 51.2 Å². The first-order valence-electron chi connectivity index (χ1n) is 14.0. The number of nitriles is 1. The summed E-state index contributed by atoms with van der Waals surface area (Å²) >= 11 is 0. The maximum Gasteiger partial charge on any atom is 0.422 e. The molecule has 14 heteroatoms. The largest absolute Gasteiger partial charge is 0.432 e. The first kappa shape index (κ1) is 31.2. The lowest BCUT2D eigenvalue weighted by Crippen LogP contribution is -2.63. The van der Waals surface area contributed by atoms with Crippen molar-refractivity contribution in [3.05, 3.63) is 59.2 Å². The monoisotopic (exact) mass is 617 g/mol. The van der Waals surface area contributed by atoms with Gasteiger partial charge in [0.2, 0.25) is 5.60 Å². The summed E-state index contributed by atoms with van der Waals surface area (Å²) in [6, 6.07) is 11.9. The zero-order chi connectivity index (χ0) is 31.5. The molecule has 3 aliphatic rings. The number of alkyl halides is 3. The third kappa shape index (κ3) is 5.95. The second-order valence-corrected chi connectivity index (χ2v) is 10.7. The first-order valence-corrected chi connectivity index (χ1v) is 14.0. The van der Waals surface area contributed by atoms with Gasteiger partial charge < -0.3 is 28.6 Å². The predicted octanol–water partition coefficient (Wildman–Crippen LogP) is 3.84. The average molecular weight is 618 g/mol. The van der Waals surface area contributed by atoms with Crippen molar-refractivity contribution in [2.45, 2.75) is 43.6 Å². The highest BCUT2D eigenvalue weighted by Crippen LogP contribution is 2.49. The summed E-state index contributed by atoms with van der Waals surface area (Å²) in [5.74, 6) is -4.38. The predicted molar refractivity (Wildman–Crippen MR) is 144 cm³/mol. The van der Waals surface area contributed by atoms with Crippen molar-refractivity contribution in [3.63, 3.8) is 0 Å². The van der Waals surface area contributed by atoms with E-state index < -0.39 is 41.3 Å². The van der Waals surface area contributed by atoms with Crippen LogP contribution in [0.5, 0.6) is 0 Å². The standard InChI is InChI=1S/C30H30F3N3O8/c1-40-15-13-36-27(39)44-28(30(36)42-25(37)26(38)43-30)8-11-35(12-9-28)10-3-14-41-19-22-6-7-23(29(31,32)33)17-24(22)21-5-2-4-20(16-21)18-34/h2,4-7,16-17H,3,8-15,19H2,1H3. The maximum absolute atomic E-state index is 13.4. The van der Waals surface area contributed by atoms with Crippen LogP contribution in [0.15, 0.2) is 42.5 Å². The summed E-state index contributed by atoms with van der Waals surface area (Å²) in [6.45, 7) is 1.98. The van der Waals surface area contributed by atoms with Crippen LogP contribution in [-0.4, -0.2) is 85.8 Å². The fourth-order valence-electron chi connectivity index (χ4n) is 5.76. The average Bonchev–Trinajstić information content (AvgIpc) is 3.42. The van der Waals surface area contributed by atoms with Gasteiger partial charge in [0.05, 0.1) is 37.0 Å². The Bertz CT molecular complexity index is 1450. The molecular formula is C30H30F3N3O8. The Morgan fingerprint density at radius 1 is 0.977 bits per heavy atom. The van der Waals surface area contributed by atoms with Crippen molar-refractivity contribution in [3.8, 4) is 17.2 Å². The van der Waals surface area contributed by atoms with Crippen LogP contribution in [0.25, 0.3) is 11.1 Å². The minimum absolute atomic E-state index is 0.0108. The van der Waals surface area contributed by atoms with Crippen LogP contribution in [0.3, 0.4) is 0 Å². The van der Waals surface area contributed by atoms with Gasteiger partial charge in [-0.2, -0.15) is 18.4 Å². The van der Waals surface area contributed by atoms with Crippen molar-refractivity contribution in [1.82, 2.24) is 9.80 Å². The van der Waals surface area contributed by atoms with Crippen LogP contribution in [0.4, 0.5) is 18.0 Å². The Balaban J connectivity index is 1.18. The second-order valence-electron chi connectivity index (χ2n) is 10.7. The smallest absolute Gasteiger partial charge is 0.422 e. The Hall–Kier alpha value is -4.19. The molecule has 1 amide bonds. The molecule has 0 atom stereocenters. The number of halogens is 3. The number of methoxy groups -OCH3 is 1. The summed E-state index contributed by atoms with van der Waals surface area (Å²) in [6.07, 6.45) is -4.22. The van der Waals surface area contributed by atoms with E-state index in [9.17, 15) is 32.8 Å². The molecule has 0 unspecified atom stereocenters. The molecule has 5 rings (SSSR count). The Kier molecular flexibility index (Phi) is 8.83. The summed E-state index contributed by atoms with van der Waals surface area (Å²) in [5.41, 5.74) is -0.443. The number of rotatable bonds is 10. The normalized spacial score (nSPS) is 19.2. The molecule has 3 aliphatic heterocycles. The molecule has 0 aromatic heterocycles. The van der Waals surface area contributed by atoms with Gasteiger partial charge in [0.15, 0.2) is 0 Å². The number of piperidine rings is 1. The quantitative estimate of drug-likeness (QED) is 0.220. The highest BCUT2D eigenvalue weighted by Gasteiger charge is 2.75. The van der Waals surface area contributed by atoms with E-state index in [1.54, 1.807) is 18.2 Å². The molecule has 11 nitrogen and oxygen atoms in total. The molecule has 0 N–H and O–H groups in total. The molecule has 0 aliphatic carbocycles. The fourth-order valence-corrected chi connectivity index (χ4v) is 5.76. The second kappa shape index (κ2) is 12.4. The van der Waals surface area contributed by atoms with E-state index in [4.69, 9.17) is 23.7 Å². The maximum atomic E-state index is 13.4. The van der Waals surface area contributed by atoms with Crippen molar-refractivity contribution in [1.29, 1.82) is 5.26 Å². The number of fused-ring (bicyclic) bond motifs is 1. The van der Waals surface area contributed by atoms with Crippen LogP contribution >= 0.6 is 0 Å². The lowest BCUT2D eigenvalue weighted by atomic mass is 9.87. The third-order valence-electron chi connectivity index (χ3n) is 8.01. The number of likely N-dealkylation sites (tertiary alicyclic amines) is 1. The van der Waals surface area contributed by atoms with Crippen LogP contribution in [-0.2, 0) is 46.1 Å². The molecule has 2 aromatic carbocycles. The molecule has 2 aromatic rings. The third-order valence-corrected chi connectivity index (χ3v) is 8.01. The summed E-state index contributed by atoms with van der Waals surface area (Å²) in [7, 11) is 1.44. The number of nitrogens with zero attached hydrogens (tertiary/aromatic N) is 3. The molecule has 44 heavy (non-hydrogen) atoms. The number of hydrogen-bond donors (Lipinski definition) is 0. The minimum atomic E-state index is -4.52. The van der Waals surface area contributed by atoms with E-state index in [-0.39, 0.29) is 32.6 Å². The van der Waals surface area contributed by atoms with E-state index in [1.165, 1.54) is 19.2 Å². The van der Waals surface area contributed by atoms with Gasteiger partial charge >= 0.3 is 30.1 Å². The van der Waals surface area contributed by atoms with E-state index in [1.807, 2.05) is 6.07 Å². The molecule has 0 bridgehead atoms. The lowest BCUT2D eigenvalue weighted by molar-refractivity contribution is -0.287. The highest BCUT2D eigenvalue weighted by atomic mass is 19.4. The number of carbonyl (C=O) groups is 3. The molecule has 3 heterocycles. The number of ether oxygens (including phenoxy) is 5. The van der Waals surface area contributed by atoms with Gasteiger partial charge in [-0.05, 0) is 47.4 Å². The van der Waals surface area contributed by atoms with Crippen LogP contribution in [0, 0.1) is 11.3 Å². The van der Waals surface area contributed by atoms with Gasteiger partial charge in [-0.15, -0.1) is 0 Å². The summed E-state index contributed by atoms with van der Waals surface area (Å²) in [5, 5.41) is 9.23. The molecular weight excluding hydrogens is 587 g/mol. The zero-order valence-electron chi connectivity index (χ0n) is 23.9. The van der Waals surface area contributed by atoms with Gasteiger partial charge in [0, 0.05) is 46.2 Å². The van der Waals surface area contributed by atoms with Crippen molar-refractivity contribution >= 4 is 18.0 Å². The number of esters is 2. The Labute approximate surface area is 251 Å². The molecule has 2 spiro atoms. The molecule has 3 fully saturated rings. The highest BCUT2D eigenvalue weighted by molar-refractivity contribution is 6.31. The number of benzene rings is 2. The van der Waals surface area contributed by atoms with Crippen LogP contribution in [0.1, 0.15) is 36.0 Å². The van der Waals surface area contributed by atoms with Gasteiger partial charge in [0.1, 0.15) is 0 Å². The molecule has 234 valence electrons. The lowest BCUT2D eigenvalue weighted by Gasteiger charge is -2.43. The SMILES string of the molecule is COCCN1C(=O)OC2(CCN(CCCOCc3ccc(C(F)(F)F)cc3-c3cccc(C#N)c3)CC2)C12OC(=O)C(=O)O2. The van der Waals surface area contributed by atoms with Gasteiger partial charge in [-0.1, -0.05) is 18.2 Å².